The van der Waals surface area contributed by atoms with E-state index in [-0.39, 0.29) is 0 Å². The number of benzene rings is 1. The number of piperidine rings is 1. The van der Waals surface area contributed by atoms with Gasteiger partial charge in [0.1, 0.15) is 0 Å². The van der Waals surface area contributed by atoms with E-state index < -0.39 is 10.2 Å². The summed E-state index contributed by atoms with van der Waals surface area (Å²) < 4.78 is 24.6. The molecule has 1 aliphatic heterocycles. The molecular formula is C17H24N4O2S. The zero-order chi connectivity index (χ0) is 17.2. The van der Waals surface area contributed by atoms with Crippen LogP contribution in [0.15, 0.2) is 30.3 Å². The second-order valence-corrected chi connectivity index (χ2v) is 7.96. The Balaban J connectivity index is 1.72. The Labute approximate surface area is 143 Å². The van der Waals surface area contributed by atoms with Crippen LogP contribution in [0.3, 0.4) is 0 Å². The summed E-state index contributed by atoms with van der Waals surface area (Å²) in [5.74, 6) is 0.297. The molecule has 1 aliphatic rings. The van der Waals surface area contributed by atoms with Gasteiger partial charge in [-0.05, 0) is 49.9 Å². The van der Waals surface area contributed by atoms with E-state index in [0.29, 0.717) is 12.5 Å². The monoisotopic (exact) mass is 348 g/mol. The van der Waals surface area contributed by atoms with Gasteiger partial charge in [-0.3, -0.25) is 9.88 Å². The van der Waals surface area contributed by atoms with Gasteiger partial charge in [0.2, 0.25) is 0 Å². The molecule has 24 heavy (non-hydrogen) atoms. The first-order chi connectivity index (χ1) is 11.4. The van der Waals surface area contributed by atoms with Crippen molar-refractivity contribution in [1.82, 2.24) is 14.6 Å². The highest BCUT2D eigenvalue weighted by molar-refractivity contribution is 7.87. The maximum absolute atomic E-state index is 11.1. The van der Waals surface area contributed by atoms with E-state index in [1.807, 2.05) is 25.1 Å². The molecule has 2 heterocycles. The van der Waals surface area contributed by atoms with Crippen molar-refractivity contribution < 1.29 is 8.42 Å². The predicted octanol–water partition coefficient (Wildman–Crippen LogP) is 1.55. The predicted molar refractivity (Wildman–Crippen MR) is 95.6 cm³/mol. The van der Waals surface area contributed by atoms with Gasteiger partial charge in [-0.2, -0.15) is 8.42 Å². The number of fused-ring (bicyclic) bond motifs is 1. The average molecular weight is 348 g/mol. The molecule has 1 saturated heterocycles. The summed E-state index contributed by atoms with van der Waals surface area (Å²) in [6.45, 7) is 5.19. The quantitative estimate of drug-likeness (QED) is 0.858. The number of nitrogens with two attached hydrogens (primary N) is 1. The van der Waals surface area contributed by atoms with Crippen molar-refractivity contribution in [1.29, 1.82) is 0 Å². The van der Waals surface area contributed by atoms with E-state index in [4.69, 9.17) is 5.14 Å². The molecule has 6 nitrogen and oxygen atoms in total. The summed E-state index contributed by atoms with van der Waals surface area (Å²) in [6.07, 6.45) is 2.09. The van der Waals surface area contributed by atoms with Crippen molar-refractivity contribution >= 4 is 21.1 Å². The van der Waals surface area contributed by atoms with Crippen LogP contribution in [0, 0.1) is 12.8 Å². The average Bonchev–Trinajstić information content (AvgIpc) is 2.52. The Morgan fingerprint density at radius 1 is 1.38 bits per heavy atom. The normalized spacial score (nSPS) is 19.7. The van der Waals surface area contributed by atoms with Gasteiger partial charge >= 0.3 is 0 Å². The lowest BCUT2D eigenvalue weighted by atomic mass is 9.97. The van der Waals surface area contributed by atoms with Crippen molar-refractivity contribution in [3.63, 3.8) is 0 Å². The number of para-hydroxylation sites is 1. The highest BCUT2D eigenvalue weighted by Crippen LogP contribution is 2.23. The zero-order valence-corrected chi connectivity index (χ0v) is 14.7. The first-order valence-electron chi connectivity index (χ1n) is 8.26. The van der Waals surface area contributed by atoms with Gasteiger partial charge in [0.15, 0.2) is 0 Å². The number of pyridine rings is 1. The molecule has 0 aliphatic carbocycles. The summed E-state index contributed by atoms with van der Waals surface area (Å²) in [4.78, 5) is 6.98. The minimum atomic E-state index is -3.61. The van der Waals surface area contributed by atoms with Crippen molar-refractivity contribution in [2.45, 2.75) is 26.3 Å². The van der Waals surface area contributed by atoms with Gasteiger partial charge in [-0.15, -0.1) is 0 Å². The molecule has 1 unspecified atom stereocenters. The second kappa shape index (κ2) is 7.14. The van der Waals surface area contributed by atoms with Gasteiger partial charge in [0.05, 0.1) is 5.52 Å². The molecule has 1 aromatic heterocycles. The Bertz CT molecular complexity index is 822. The number of nitrogens with zero attached hydrogens (tertiary/aromatic N) is 2. The summed E-state index contributed by atoms with van der Waals surface area (Å²) in [5, 5.41) is 6.22. The molecule has 1 atom stereocenters. The minimum absolute atomic E-state index is 0.297. The third-order valence-corrected chi connectivity index (χ3v) is 5.07. The number of aromatic nitrogens is 1. The first-order valence-corrected chi connectivity index (χ1v) is 9.80. The molecule has 0 saturated carbocycles. The molecule has 0 amide bonds. The molecule has 0 bridgehead atoms. The van der Waals surface area contributed by atoms with Crippen molar-refractivity contribution in [3.05, 3.63) is 41.6 Å². The van der Waals surface area contributed by atoms with E-state index in [2.05, 4.69) is 26.7 Å². The van der Waals surface area contributed by atoms with Gasteiger partial charge in [-0.25, -0.2) is 9.86 Å². The van der Waals surface area contributed by atoms with Crippen LogP contribution in [0.2, 0.25) is 0 Å². The molecule has 0 radical (unpaired) electrons. The van der Waals surface area contributed by atoms with E-state index in [1.54, 1.807) is 0 Å². The maximum Gasteiger partial charge on any atom is 0.274 e. The fraction of sp³-hybridized carbons (Fsp3) is 0.471. The van der Waals surface area contributed by atoms with Crippen LogP contribution >= 0.6 is 0 Å². The highest BCUT2D eigenvalue weighted by atomic mass is 32.2. The molecule has 1 fully saturated rings. The fourth-order valence-electron chi connectivity index (χ4n) is 3.46. The molecular weight excluding hydrogens is 324 g/mol. The topological polar surface area (TPSA) is 88.3 Å². The lowest BCUT2D eigenvalue weighted by Gasteiger charge is -2.33. The summed E-state index contributed by atoms with van der Waals surface area (Å²) >= 11 is 0. The van der Waals surface area contributed by atoms with Crippen molar-refractivity contribution in [2.24, 2.45) is 11.1 Å². The van der Waals surface area contributed by atoms with Gasteiger partial charge in [-0.1, -0.05) is 18.2 Å². The molecule has 3 rings (SSSR count). The smallest absolute Gasteiger partial charge is 0.274 e. The lowest BCUT2D eigenvalue weighted by Crippen LogP contribution is -2.42. The van der Waals surface area contributed by atoms with Gasteiger partial charge in [0.25, 0.3) is 10.2 Å². The Morgan fingerprint density at radius 2 is 2.17 bits per heavy atom. The highest BCUT2D eigenvalue weighted by Gasteiger charge is 2.21. The minimum Gasteiger partial charge on any atom is -0.299 e. The van der Waals surface area contributed by atoms with E-state index >= 15 is 0 Å². The van der Waals surface area contributed by atoms with E-state index in [0.717, 1.165) is 43.7 Å². The first kappa shape index (κ1) is 17.3. The summed E-state index contributed by atoms with van der Waals surface area (Å²) in [5.41, 5.74) is 3.32. The molecule has 0 spiro atoms. The molecule has 3 N–H and O–H groups in total. The molecule has 1 aromatic carbocycles. The van der Waals surface area contributed by atoms with Crippen molar-refractivity contribution in [3.8, 4) is 0 Å². The number of nitrogens with one attached hydrogen (secondary N) is 1. The van der Waals surface area contributed by atoms with Crippen LogP contribution in [0.25, 0.3) is 10.9 Å². The van der Waals surface area contributed by atoms with Gasteiger partial charge < -0.3 is 0 Å². The number of rotatable bonds is 5. The maximum atomic E-state index is 11.1. The van der Waals surface area contributed by atoms with Gasteiger partial charge in [0, 0.05) is 30.7 Å². The third kappa shape index (κ3) is 4.51. The lowest BCUT2D eigenvalue weighted by molar-refractivity contribution is 0.169. The van der Waals surface area contributed by atoms with Crippen LogP contribution in [-0.4, -0.2) is 37.9 Å². The number of hydrogen-bond donors (Lipinski definition) is 2. The standard InChI is InChI=1S/C17H24N4O2S/c1-13-9-15(16-6-2-3-7-17(16)20-13)12-21-8-4-5-14(11-21)10-19-24(18,22)23/h2-3,6-7,9,14,19H,4-5,8,10-12H2,1H3,(H2,18,22,23). The Morgan fingerprint density at radius 3 is 2.96 bits per heavy atom. The Kier molecular flexibility index (Phi) is 5.15. The third-order valence-electron chi connectivity index (χ3n) is 4.50. The SMILES string of the molecule is Cc1cc(CN2CCCC(CNS(N)(=O)=O)C2)c2ccccc2n1. The van der Waals surface area contributed by atoms with E-state index in [9.17, 15) is 8.42 Å². The van der Waals surface area contributed by atoms with Crippen molar-refractivity contribution in [2.75, 3.05) is 19.6 Å². The molecule has 7 heteroatoms. The van der Waals surface area contributed by atoms with Crippen LogP contribution < -0.4 is 9.86 Å². The number of likely N-dealkylation sites (tertiary alicyclic amines) is 1. The van der Waals surface area contributed by atoms with E-state index in [1.165, 1.54) is 10.9 Å². The van der Waals surface area contributed by atoms with Crippen LogP contribution in [-0.2, 0) is 16.8 Å². The van der Waals surface area contributed by atoms with Crippen LogP contribution in [0.5, 0.6) is 0 Å². The molecule has 2 aromatic rings. The Hall–Kier alpha value is -1.54. The largest absolute Gasteiger partial charge is 0.299 e. The molecule has 130 valence electrons. The zero-order valence-electron chi connectivity index (χ0n) is 13.9. The number of hydrogen-bond acceptors (Lipinski definition) is 4. The fourth-order valence-corrected chi connectivity index (χ4v) is 3.93. The summed E-state index contributed by atoms with van der Waals surface area (Å²) in [7, 11) is -3.61. The second-order valence-electron chi connectivity index (χ2n) is 6.58. The number of aryl methyl sites for hydroxylation is 1. The summed E-state index contributed by atoms with van der Waals surface area (Å²) in [6, 6.07) is 10.3. The van der Waals surface area contributed by atoms with Crippen LogP contribution in [0.1, 0.15) is 24.1 Å². The van der Waals surface area contributed by atoms with Crippen LogP contribution in [0.4, 0.5) is 0 Å².